The van der Waals surface area contributed by atoms with E-state index in [0.29, 0.717) is 31.5 Å². The van der Waals surface area contributed by atoms with Gasteiger partial charge in [-0.3, -0.25) is 9.59 Å². The first-order valence-corrected chi connectivity index (χ1v) is 19.9. The summed E-state index contributed by atoms with van der Waals surface area (Å²) in [7, 11) is -7.10. The molecule has 0 bridgehead atoms. The summed E-state index contributed by atoms with van der Waals surface area (Å²) in [6.45, 7) is 9.55. The minimum Gasteiger partial charge on any atom is -0.748 e. The molecule has 50 heavy (non-hydrogen) atoms. The minimum atomic E-state index is -4.34. The van der Waals surface area contributed by atoms with Crippen LogP contribution in [0.25, 0.3) is 0 Å². The molecule has 4 rings (SSSR count). The largest absolute Gasteiger partial charge is 0.748 e. The van der Waals surface area contributed by atoms with Crippen molar-refractivity contribution in [1.29, 1.82) is 0 Å². The Bertz CT molecular complexity index is 1930. The third-order valence-corrected chi connectivity index (χ3v) is 11.0. The zero-order chi connectivity index (χ0) is 36.9. The van der Waals surface area contributed by atoms with E-state index in [1.807, 2.05) is 48.6 Å². The number of fused-ring (bicyclic) bond motifs is 2. The Morgan fingerprint density at radius 3 is 2.20 bits per heavy atom. The van der Waals surface area contributed by atoms with Crippen molar-refractivity contribution in [3.63, 3.8) is 0 Å². The van der Waals surface area contributed by atoms with Crippen LogP contribution in [-0.2, 0) is 35.9 Å². The average molecular weight is 728 g/mol. The van der Waals surface area contributed by atoms with E-state index in [1.165, 1.54) is 7.05 Å². The van der Waals surface area contributed by atoms with Gasteiger partial charge in [0.05, 0.1) is 25.7 Å². The Hall–Kier alpha value is -3.85. The second-order valence-corrected chi connectivity index (χ2v) is 16.8. The van der Waals surface area contributed by atoms with Crippen molar-refractivity contribution < 1.29 is 40.1 Å². The molecule has 2 heterocycles. The summed E-state index contributed by atoms with van der Waals surface area (Å²) in [5.74, 6) is -1.33. The number of carbonyl (C=O) groups is 2. The van der Waals surface area contributed by atoms with Crippen LogP contribution in [0.15, 0.2) is 66.4 Å². The highest BCUT2D eigenvalue weighted by molar-refractivity contribution is 7.85. The first-order chi connectivity index (χ1) is 23.4. The Balaban J connectivity index is 1.68. The number of hydrogen-bond donors (Lipinski definition) is 2. The molecule has 2 aromatic carbocycles. The Labute approximate surface area is 295 Å². The minimum absolute atomic E-state index is 0.158. The molecule has 0 fully saturated rings. The van der Waals surface area contributed by atoms with Gasteiger partial charge in [-0.25, -0.2) is 16.8 Å². The number of hydrogen-bond acceptors (Lipinski definition) is 9. The second kappa shape index (κ2) is 15.6. The van der Waals surface area contributed by atoms with Gasteiger partial charge in [-0.2, -0.15) is 4.58 Å². The predicted molar refractivity (Wildman–Crippen MR) is 192 cm³/mol. The van der Waals surface area contributed by atoms with Gasteiger partial charge in [-0.1, -0.05) is 38.1 Å². The van der Waals surface area contributed by atoms with Crippen LogP contribution in [0.2, 0.25) is 0 Å². The number of anilines is 1. The van der Waals surface area contributed by atoms with E-state index in [0.717, 1.165) is 33.9 Å². The highest BCUT2D eigenvalue weighted by atomic mass is 32.2. The average Bonchev–Trinajstić information content (AvgIpc) is 3.38. The van der Waals surface area contributed by atoms with Gasteiger partial charge in [0.15, 0.2) is 5.71 Å². The standard InChI is InChI=1S/C36H48N4O8S2/c1-35(2)27-13-6-7-14-29(27)39(21-8-10-23-49(43,44)45)31(35)15-12-16-32-36(3,4)28-25-26(34(42)38-20-19-33(41)37-5)17-18-30(28)40(32)22-9-11-24-50(46,47)48/h6-7,12-18,25H,8-11,19-24H2,1-5H3,(H3-,37,38,41,42,43,44,45,46,47,48)/p-1. The number of carbonyl (C=O) groups excluding carboxylic acids is 2. The third-order valence-electron chi connectivity index (χ3n) is 9.43. The molecule has 0 radical (unpaired) electrons. The molecule has 0 atom stereocenters. The first-order valence-electron chi connectivity index (χ1n) is 16.8. The lowest BCUT2D eigenvalue weighted by molar-refractivity contribution is -0.438. The zero-order valence-electron chi connectivity index (χ0n) is 29.3. The predicted octanol–water partition coefficient (Wildman–Crippen LogP) is 3.82. The maximum absolute atomic E-state index is 13.0. The third kappa shape index (κ3) is 9.27. The lowest BCUT2D eigenvalue weighted by Crippen LogP contribution is -2.29. The number of unbranched alkanes of at least 4 members (excludes halogenated alkanes) is 2. The number of nitrogens with one attached hydrogen (secondary N) is 2. The normalized spacial score (nSPS) is 17.3. The molecule has 2 aliphatic rings. The molecule has 2 aromatic rings. The summed E-state index contributed by atoms with van der Waals surface area (Å²) in [5, 5.41) is 5.32. The molecule has 0 unspecified atom stereocenters. The van der Waals surface area contributed by atoms with Crippen molar-refractivity contribution in [1.82, 2.24) is 10.6 Å². The molecule has 2 aliphatic heterocycles. The smallest absolute Gasteiger partial charge is 0.251 e. The molecule has 0 spiro atoms. The molecule has 0 saturated carbocycles. The van der Waals surface area contributed by atoms with Gasteiger partial charge in [-0.05, 0) is 62.9 Å². The molecule has 12 nitrogen and oxygen atoms in total. The molecule has 2 N–H and O–H groups in total. The van der Waals surface area contributed by atoms with Gasteiger partial charge in [-0.15, -0.1) is 0 Å². The van der Waals surface area contributed by atoms with Gasteiger partial charge < -0.3 is 24.6 Å². The van der Waals surface area contributed by atoms with Crippen molar-refractivity contribution in [3.8, 4) is 0 Å². The fourth-order valence-corrected chi connectivity index (χ4v) is 7.90. The van der Waals surface area contributed by atoms with Crippen LogP contribution >= 0.6 is 0 Å². The van der Waals surface area contributed by atoms with E-state index < -0.39 is 37.2 Å². The van der Waals surface area contributed by atoms with Crippen LogP contribution in [0.4, 0.5) is 11.4 Å². The molecule has 272 valence electrons. The quantitative estimate of drug-likeness (QED) is 0.148. The lowest BCUT2D eigenvalue weighted by Gasteiger charge is -2.27. The highest BCUT2D eigenvalue weighted by Crippen LogP contribution is 2.48. The summed E-state index contributed by atoms with van der Waals surface area (Å²) < 4.78 is 69.6. The van der Waals surface area contributed by atoms with Gasteiger partial charge in [0.25, 0.3) is 5.91 Å². The summed E-state index contributed by atoms with van der Waals surface area (Å²) in [6, 6.07) is 13.5. The second-order valence-electron chi connectivity index (χ2n) is 13.7. The Morgan fingerprint density at radius 2 is 1.54 bits per heavy atom. The van der Waals surface area contributed by atoms with E-state index >= 15 is 0 Å². The number of benzene rings is 2. The number of allylic oxidation sites excluding steroid dienone is 4. The van der Waals surface area contributed by atoms with E-state index in [-0.39, 0.29) is 43.0 Å². The van der Waals surface area contributed by atoms with E-state index in [2.05, 4.69) is 53.9 Å². The molecule has 0 saturated heterocycles. The van der Waals surface area contributed by atoms with Crippen LogP contribution in [0, 0.1) is 0 Å². The molecule has 0 aromatic heterocycles. The molecule has 14 heteroatoms. The number of rotatable bonds is 16. The van der Waals surface area contributed by atoms with Crippen LogP contribution in [-0.4, -0.2) is 86.2 Å². The maximum atomic E-state index is 13.0. The van der Waals surface area contributed by atoms with Gasteiger partial charge in [0.2, 0.25) is 11.6 Å². The van der Waals surface area contributed by atoms with Crippen LogP contribution in [0.3, 0.4) is 0 Å². The monoisotopic (exact) mass is 727 g/mol. The van der Waals surface area contributed by atoms with Crippen LogP contribution in [0.1, 0.15) is 81.3 Å². The Kier molecular flexibility index (Phi) is 12.1. The fourth-order valence-electron chi connectivity index (χ4n) is 6.78. The SMILES string of the molecule is CNC(=O)CCNC(=O)c1ccc2c(c1)C(C)(C)/C(=C\C=C\C1=[N+](CCCCS(=O)(=O)[O-])c3ccccc3C1(C)C)N2CCCCS(=O)(=O)[O-]. The summed E-state index contributed by atoms with van der Waals surface area (Å²) in [5.41, 5.74) is 5.39. The van der Waals surface area contributed by atoms with Crippen molar-refractivity contribution in [2.45, 2.75) is 70.6 Å². The van der Waals surface area contributed by atoms with Crippen LogP contribution < -0.4 is 15.5 Å². The zero-order valence-corrected chi connectivity index (χ0v) is 31.0. The topological polar surface area (TPSA) is 179 Å². The highest BCUT2D eigenvalue weighted by Gasteiger charge is 2.44. The number of amides is 2. The van der Waals surface area contributed by atoms with Crippen molar-refractivity contribution in [2.24, 2.45) is 0 Å². The van der Waals surface area contributed by atoms with Gasteiger partial charge >= 0.3 is 0 Å². The van der Waals surface area contributed by atoms with Crippen LogP contribution in [0.5, 0.6) is 0 Å². The molecular weight excluding hydrogens is 681 g/mol. The number of para-hydroxylation sites is 1. The number of nitrogens with zero attached hydrogens (tertiary/aromatic N) is 2. The van der Waals surface area contributed by atoms with Gasteiger partial charge in [0, 0.05) is 84.6 Å². The fraction of sp³-hybridized carbons (Fsp3) is 0.472. The molecule has 2 amide bonds. The van der Waals surface area contributed by atoms with Gasteiger partial charge in [0.1, 0.15) is 6.54 Å². The summed E-state index contributed by atoms with van der Waals surface area (Å²) >= 11 is 0. The summed E-state index contributed by atoms with van der Waals surface area (Å²) in [6.07, 6.45) is 7.63. The van der Waals surface area contributed by atoms with Crippen molar-refractivity contribution in [3.05, 3.63) is 83.1 Å². The first kappa shape index (κ1) is 38.9. The van der Waals surface area contributed by atoms with E-state index in [1.54, 1.807) is 6.07 Å². The van der Waals surface area contributed by atoms with Crippen molar-refractivity contribution >= 4 is 49.1 Å². The van der Waals surface area contributed by atoms with Crippen molar-refractivity contribution in [2.75, 3.05) is 43.1 Å². The van der Waals surface area contributed by atoms with E-state index in [9.17, 15) is 35.5 Å². The lowest BCUT2D eigenvalue weighted by atomic mass is 9.81. The summed E-state index contributed by atoms with van der Waals surface area (Å²) in [4.78, 5) is 26.7. The molecule has 0 aliphatic carbocycles. The maximum Gasteiger partial charge on any atom is 0.251 e. The van der Waals surface area contributed by atoms with E-state index in [4.69, 9.17) is 0 Å². The Morgan fingerprint density at radius 1 is 0.880 bits per heavy atom. The molecular formula is C36H47N4O8S2-.